The molecule has 6 heteroatoms. The first-order valence-corrected chi connectivity index (χ1v) is 9.09. The van der Waals surface area contributed by atoms with E-state index in [-0.39, 0.29) is 23.1 Å². The molecule has 1 aliphatic rings. The Balaban J connectivity index is 1.71. The van der Waals surface area contributed by atoms with Crippen LogP contribution in [0.15, 0.2) is 35.1 Å². The number of carbonyl (C=O) groups excluding carboxylic acids is 2. The second-order valence-electron chi connectivity index (χ2n) is 7.02. The van der Waals surface area contributed by atoms with Crippen LogP contribution < -0.4 is 10.9 Å². The van der Waals surface area contributed by atoms with Crippen LogP contribution in [-0.2, 0) is 9.53 Å². The lowest BCUT2D eigenvalue weighted by molar-refractivity contribution is -0.130. The maximum absolute atomic E-state index is 12.5. The molecule has 0 radical (unpaired) electrons. The van der Waals surface area contributed by atoms with Gasteiger partial charge in [-0.2, -0.15) is 0 Å². The Morgan fingerprint density at radius 1 is 1.23 bits per heavy atom. The van der Waals surface area contributed by atoms with Crippen LogP contribution in [0.4, 0.5) is 0 Å². The molecule has 1 aromatic heterocycles. The molecule has 3 atom stereocenters. The minimum absolute atomic E-state index is 0.123. The standard InChI is InChI=1S/C20H24N2O4/c1-12-7-3-5-9-16(12)22-19(24)13(2)26-20(25)15-11-18(23)21-17-10-6-4-8-14(15)17/h4,6,8,10-13,16H,3,5,7,9H2,1-2H3,(H,21,23)(H,22,24)/t12-,13+,16+/m1/s1. The predicted octanol–water partition coefficient (Wildman–Crippen LogP) is 2.77. The van der Waals surface area contributed by atoms with Gasteiger partial charge in [0.05, 0.1) is 5.56 Å². The Hall–Kier alpha value is -2.63. The maximum Gasteiger partial charge on any atom is 0.339 e. The first kappa shape index (κ1) is 18.2. The number of hydrogen-bond acceptors (Lipinski definition) is 4. The number of ether oxygens (including phenoxy) is 1. The molecule has 3 rings (SSSR count). The van der Waals surface area contributed by atoms with Crippen molar-refractivity contribution >= 4 is 22.8 Å². The fraction of sp³-hybridized carbons (Fsp3) is 0.450. The normalized spacial score (nSPS) is 21.2. The number of pyridine rings is 1. The third kappa shape index (κ3) is 3.95. The highest BCUT2D eigenvalue weighted by Gasteiger charge is 2.27. The fourth-order valence-electron chi connectivity index (χ4n) is 3.48. The number of aromatic nitrogens is 1. The number of H-pyrrole nitrogens is 1. The summed E-state index contributed by atoms with van der Waals surface area (Å²) in [5.41, 5.74) is 0.332. The van der Waals surface area contributed by atoms with E-state index in [0.29, 0.717) is 16.8 Å². The summed E-state index contributed by atoms with van der Waals surface area (Å²) in [7, 11) is 0. The number of esters is 1. The van der Waals surface area contributed by atoms with Gasteiger partial charge in [0.1, 0.15) is 0 Å². The van der Waals surface area contributed by atoms with E-state index in [0.717, 1.165) is 19.3 Å². The zero-order valence-electron chi connectivity index (χ0n) is 15.1. The summed E-state index contributed by atoms with van der Waals surface area (Å²) in [6.45, 7) is 3.68. The summed E-state index contributed by atoms with van der Waals surface area (Å²) in [6, 6.07) is 8.33. The van der Waals surface area contributed by atoms with Crippen molar-refractivity contribution in [1.29, 1.82) is 0 Å². The summed E-state index contributed by atoms with van der Waals surface area (Å²) in [5, 5.41) is 3.58. The number of rotatable bonds is 4. The lowest BCUT2D eigenvalue weighted by Gasteiger charge is -2.30. The summed E-state index contributed by atoms with van der Waals surface area (Å²) in [4.78, 5) is 39.4. The number of para-hydroxylation sites is 1. The number of carbonyl (C=O) groups is 2. The van der Waals surface area contributed by atoms with E-state index in [1.807, 2.05) is 0 Å². The molecule has 1 heterocycles. The van der Waals surface area contributed by atoms with E-state index in [9.17, 15) is 14.4 Å². The smallest absolute Gasteiger partial charge is 0.339 e. The maximum atomic E-state index is 12.5. The van der Waals surface area contributed by atoms with Crippen molar-refractivity contribution in [2.45, 2.75) is 51.7 Å². The van der Waals surface area contributed by atoms with Crippen LogP contribution in [0.3, 0.4) is 0 Å². The zero-order valence-corrected chi connectivity index (χ0v) is 15.1. The van der Waals surface area contributed by atoms with Gasteiger partial charge in [0, 0.05) is 23.0 Å². The summed E-state index contributed by atoms with van der Waals surface area (Å²) in [6.07, 6.45) is 3.41. The van der Waals surface area contributed by atoms with E-state index in [4.69, 9.17) is 4.74 Å². The van der Waals surface area contributed by atoms with Crippen molar-refractivity contribution in [3.63, 3.8) is 0 Å². The Morgan fingerprint density at radius 2 is 1.96 bits per heavy atom. The van der Waals surface area contributed by atoms with Gasteiger partial charge >= 0.3 is 5.97 Å². The van der Waals surface area contributed by atoms with Crippen LogP contribution in [0.1, 0.15) is 49.9 Å². The highest BCUT2D eigenvalue weighted by Crippen LogP contribution is 2.24. The van der Waals surface area contributed by atoms with E-state index >= 15 is 0 Å². The number of hydrogen-bond donors (Lipinski definition) is 2. The van der Waals surface area contributed by atoms with E-state index < -0.39 is 12.1 Å². The van der Waals surface area contributed by atoms with Crippen LogP contribution >= 0.6 is 0 Å². The van der Waals surface area contributed by atoms with Gasteiger partial charge in [0.2, 0.25) is 5.56 Å². The third-order valence-electron chi connectivity index (χ3n) is 5.06. The van der Waals surface area contributed by atoms with Gasteiger partial charge in [-0.3, -0.25) is 9.59 Å². The molecule has 2 aromatic rings. The van der Waals surface area contributed by atoms with Crippen LogP contribution in [-0.4, -0.2) is 29.0 Å². The topological polar surface area (TPSA) is 88.3 Å². The SMILES string of the molecule is C[C@H](OC(=O)c1cc(=O)[nH]c2ccccc12)C(=O)N[C@H]1CCCC[C@H]1C. The number of aromatic amines is 1. The number of amides is 1. The van der Waals surface area contributed by atoms with Crippen molar-refractivity contribution in [2.24, 2.45) is 5.92 Å². The molecule has 0 bridgehead atoms. The van der Waals surface area contributed by atoms with Crippen molar-refractivity contribution < 1.29 is 14.3 Å². The molecule has 0 saturated heterocycles. The van der Waals surface area contributed by atoms with E-state index in [1.165, 1.54) is 12.5 Å². The molecule has 1 aliphatic carbocycles. The molecule has 1 aromatic carbocycles. The molecular formula is C20H24N2O4. The highest BCUT2D eigenvalue weighted by molar-refractivity contribution is 6.03. The first-order chi connectivity index (χ1) is 12.5. The van der Waals surface area contributed by atoms with Gasteiger partial charge in [-0.1, -0.05) is 38.0 Å². The van der Waals surface area contributed by atoms with Crippen LogP contribution in [0.5, 0.6) is 0 Å². The largest absolute Gasteiger partial charge is 0.449 e. The molecule has 1 saturated carbocycles. The highest BCUT2D eigenvalue weighted by atomic mass is 16.5. The monoisotopic (exact) mass is 356 g/mol. The average Bonchev–Trinajstić information content (AvgIpc) is 2.62. The minimum Gasteiger partial charge on any atom is -0.449 e. The molecule has 26 heavy (non-hydrogen) atoms. The Morgan fingerprint density at radius 3 is 2.73 bits per heavy atom. The average molecular weight is 356 g/mol. The molecule has 6 nitrogen and oxygen atoms in total. The van der Waals surface area contributed by atoms with Crippen molar-refractivity contribution in [3.05, 3.63) is 46.2 Å². The number of nitrogens with one attached hydrogen (secondary N) is 2. The minimum atomic E-state index is -0.922. The molecule has 0 spiro atoms. The second-order valence-corrected chi connectivity index (χ2v) is 7.02. The van der Waals surface area contributed by atoms with Crippen LogP contribution in [0.25, 0.3) is 10.9 Å². The fourth-order valence-corrected chi connectivity index (χ4v) is 3.48. The Labute approximate surface area is 151 Å². The number of fused-ring (bicyclic) bond motifs is 1. The van der Waals surface area contributed by atoms with E-state index in [2.05, 4.69) is 17.2 Å². The molecule has 2 N–H and O–H groups in total. The zero-order chi connectivity index (χ0) is 18.7. The molecule has 138 valence electrons. The summed E-state index contributed by atoms with van der Waals surface area (Å²) in [5.74, 6) is -0.551. The Bertz CT molecular complexity index is 873. The molecule has 0 aliphatic heterocycles. The molecule has 1 fully saturated rings. The third-order valence-corrected chi connectivity index (χ3v) is 5.06. The van der Waals surface area contributed by atoms with Gasteiger partial charge < -0.3 is 15.0 Å². The van der Waals surface area contributed by atoms with Crippen molar-refractivity contribution in [1.82, 2.24) is 10.3 Å². The van der Waals surface area contributed by atoms with Crippen molar-refractivity contribution in [3.8, 4) is 0 Å². The quantitative estimate of drug-likeness (QED) is 0.825. The van der Waals surface area contributed by atoms with Gasteiger partial charge in [-0.25, -0.2) is 4.79 Å². The Kier molecular flexibility index (Phi) is 5.40. The number of benzene rings is 1. The lowest BCUT2D eigenvalue weighted by atomic mass is 9.86. The second kappa shape index (κ2) is 7.72. The summed E-state index contributed by atoms with van der Waals surface area (Å²) >= 11 is 0. The molecule has 1 amide bonds. The lowest BCUT2D eigenvalue weighted by Crippen LogP contribution is -2.46. The van der Waals surface area contributed by atoms with Gasteiger partial charge in [0.15, 0.2) is 6.10 Å². The van der Waals surface area contributed by atoms with Crippen LogP contribution in [0.2, 0.25) is 0 Å². The van der Waals surface area contributed by atoms with Gasteiger partial charge in [-0.15, -0.1) is 0 Å². The van der Waals surface area contributed by atoms with Gasteiger partial charge in [0.25, 0.3) is 5.91 Å². The molecule has 0 unspecified atom stereocenters. The predicted molar refractivity (Wildman–Crippen MR) is 99.0 cm³/mol. The first-order valence-electron chi connectivity index (χ1n) is 9.09. The van der Waals surface area contributed by atoms with Gasteiger partial charge in [-0.05, 0) is 31.7 Å². The van der Waals surface area contributed by atoms with Crippen molar-refractivity contribution in [2.75, 3.05) is 0 Å². The van der Waals surface area contributed by atoms with E-state index in [1.54, 1.807) is 31.2 Å². The van der Waals surface area contributed by atoms with Crippen LogP contribution in [0, 0.1) is 5.92 Å². The summed E-state index contributed by atoms with van der Waals surface area (Å²) < 4.78 is 5.33. The molecular weight excluding hydrogens is 332 g/mol.